The molecular weight excluding hydrogens is 528 g/mol. The number of alkyl halides is 1. The lowest BCUT2D eigenvalue weighted by molar-refractivity contribution is -0.149. The minimum absolute atomic E-state index is 0.114. The number of anilines is 1. The molecule has 3 heterocycles. The highest BCUT2D eigenvalue weighted by Gasteiger charge is 2.76. The van der Waals surface area contributed by atoms with Gasteiger partial charge in [0.2, 0.25) is 5.91 Å². The highest BCUT2D eigenvalue weighted by molar-refractivity contribution is 9.09. The largest absolute Gasteiger partial charge is 0.481 e. The van der Waals surface area contributed by atoms with Crippen molar-refractivity contribution in [2.24, 2.45) is 11.8 Å². The van der Waals surface area contributed by atoms with Crippen LogP contribution in [0.4, 0.5) is 5.69 Å². The Hall–Kier alpha value is -2.23. The van der Waals surface area contributed by atoms with Crippen molar-refractivity contribution in [2.75, 3.05) is 24.6 Å². The van der Waals surface area contributed by atoms with Crippen LogP contribution in [0.5, 0.6) is 0 Å². The number of nitrogens with zero attached hydrogens (tertiary/aromatic N) is 2. The van der Waals surface area contributed by atoms with Crippen molar-refractivity contribution in [1.82, 2.24) is 4.90 Å². The van der Waals surface area contributed by atoms with Gasteiger partial charge >= 0.3 is 5.97 Å². The molecule has 1 aromatic rings. The molecule has 1 spiro atoms. The van der Waals surface area contributed by atoms with E-state index in [0.29, 0.717) is 25.8 Å². The van der Waals surface area contributed by atoms with Crippen LogP contribution < -0.4 is 4.90 Å². The van der Waals surface area contributed by atoms with E-state index >= 15 is 0 Å². The van der Waals surface area contributed by atoms with Crippen LogP contribution in [-0.2, 0) is 19.1 Å². The van der Waals surface area contributed by atoms with Gasteiger partial charge in [-0.25, -0.2) is 0 Å². The maximum Gasteiger partial charge on any atom is 0.310 e. The van der Waals surface area contributed by atoms with Crippen LogP contribution >= 0.6 is 15.9 Å². The number of halogens is 1. The van der Waals surface area contributed by atoms with E-state index in [2.05, 4.69) is 22.5 Å². The number of aliphatic carboxylic acids is 1. The number of carboxylic acid groups (broad SMARTS) is 1. The molecule has 2 amide bonds. The second-order valence-electron chi connectivity index (χ2n) is 10.1. The molecular formula is C27H35BrN2O6. The number of benzene rings is 1. The van der Waals surface area contributed by atoms with E-state index in [1.54, 1.807) is 15.9 Å². The molecule has 36 heavy (non-hydrogen) atoms. The first-order valence-corrected chi connectivity index (χ1v) is 13.6. The van der Waals surface area contributed by atoms with Crippen LogP contribution in [0.1, 0.15) is 43.2 Å². The molecule has 0 aromatic heterocycles. The number of para-hydroxylation sites is 1. The molecule has 2 N–H and O–H groups in total. The SMILES string of the molecule is C=CCN(C(=O)C1N(CCCCCCO)C(=O)[C@@H]2[C@@H](C(=O)O)[C@@H]3OC12CC3Br)c1c(C)cccc1C. The topological polar surface area (TPSA) is 107 Å². The summed E-state index contributed by atoms with van der Waals surface area (Å²) < 4.78 is 6.38. The molecule has 3 unspecified atom stereocenters. The molecule has 3 aliphatic rings. The van der Waals surface area contributed by atoms with Crippen LogP contribution in [0.15, 0.2) is 30.9 Å². The number of unbranched alkanes of at least 4 members (excludes halogenated alkanes) is 3. The predicted octanol–water partition coefficient (Wildman–Crippen LogP) is 3.21. The first-order valence-electron chi connectivity index (χ1n) is 12.6. The van der Waals surface area contributed by atoms with E-state index in [9.17, 15) is 19.5 Å². The molecule has 1 aromatic carbocycles. The maximum absolute atomic E-state index is 14.4. The van der Waals surface area contributed by atoms with Gasteiger partial charge in [-0.3, -0.25) is 14.4 Å². The van der Waals surface area contributed by atoms with Gasteiger partial charge in [0.25, 0.3) is 5.91 Å². The van der Waals surface area contributed by atoms with Gasteiger partial charge in [-0.2, -0.15) is 0 Å². The first kappa shape index (κ1) is 26.8. The molecule has 9 heteroatoms. The standard InChI is InChI=1S/C27H35BrN2O6/c1-4-12-29(21-16(2)10-9-11-17(21)3)25(33)23-27-15-18(28)22(36-27)19(26(34)35)20(27)24(32)30(23)13-7-5-6-8-14-31/h4,9-11,18-20,22-23,31H,1,5-8,12-15H2,2-3H3,(H,34,35)/t18?,19-,20+,22-,23?,27?/m1/s1. The Morgan fingerprint density at radius 2 is 1.92 bits per heavy atom. The maximum atomic E-state index is 14.4. The van der Waals surface area contributed by atoms with E-state index in [1.165, 1.54) is 0 Å². The Morgan fingerprint density at radius 3 is 2.53 bits per heavy atom. The molecule has 8 nitrogen and oxygen atoms in total. The van der Waals surface area contributed by atoms with Crippen molar-refractivity contribution in [1.29, 1.82) is 0 Å². The fraction of sp³-hybridized carbons (Fsp3) is 0.593. The first-order chi connectivity index (χ1) is 17.2. The van der Waals surface area contributed by atoms with Crippen LogP contribution in [-0.4, -0.2) is 75.2 Å². The van der Waals surface area contributed by atoms with Gasteiger partial charge in [-0.05, 0) is 44.2 Å². The number of aryl methyl sites for hydroxylation is 2. The minimum atomic E-state index is -1.20. The molecule has 0 aliphatic carbocycles. The lowest BCUT2D eigenvalue weighted by Crippen LogP contribution is -2.57. The van der Waals surface area contributed by atoms with Gasteiger partial charge < -0.3 is 24.7 Å². The van der Waals surface area contributed by atoms with Crippen LogP contribution in [0.2, 0.25) is 0 Å². The summed E-state index contributed by atoms with van der Waals surface area (Å²) in [5, 5.41) is 19.1. The number of amides is 2. The third-order valence-electron chi connectivity index (χ3n) is 7.90. The molecule has 0 saturated carbocycles. The molecule has 0 radical (unpaired) electrons. The van der Waals surface area contributed by atoms with Crippen molar-refractivity contribution in [3.8, 4) is 0 Å². The van der Waals surface area contributed by atoms with Crippen molar-refractivity contribution < 1.29 is 29.3 Å². The molecule has 6 atom stereocenters. The van der Waals surface area contributed by atoms with E-state index in [1.807, 2.05) is 32.0 Å². The lowest BCUT2D eigenvalue weighted by Gasteiger charge is -2.37. The van der Waals surface area contributed by atoms with Crippen LogP contribution in [0.3, 0.4) is 0 Å². The van der Waals surface area contributed by atoms with Gasteiger partial charge in [-0.1, -0.05) is 53.0 Å². The number of aliphatic hydroxyl groups excluding tert-OH is 1. The summed E-state index contributed by atoms with van der Waals surface area (Å²) in [4.78, 5) is 43.5. The zero-order valence-electron chi connectivity index (χ0n) is 20.9. The Morgan fingerprint density at radius 1 is 1.25 bits per heavy atom. The summed E-state index contributed by atoms with van der Waals surface area (Å²) >= 11 is 3.59. The molecule has 2 bridgehead atoms. The van der Waals surface area contributed by atoms with Gasteiger partial charge in [0.15, 0.2) is 0 Å². The lowest BCUT2D eigenvalue weighted by atomic mass is 9.70. The number of carboxylic acids is 1. The fourth-order valence-electron chi connectivity index (χ4n) is 6.48. The number of carbonyl (C=O) groups is 3. The van der Waals surface area contributed by atoms with Crippen LogP contribution in [0.25, 0.3) is 0 Å². The Bertz CT molecular complexity index is 1030. The zero-order chi connectivity index (χ0) is 26.2. The highest BCUT2D eigenvalue weighted by atomic mass is 79.9. The van der Waals surface area contributed by atoms with E-state index < -0.39 is 35.6 Å². The average Bonchev–Trinajstić information content (AvgIpc) is 3.41. The minimum Gasteiger partial charge on any atom is -0.481 e. The van der Waals surface area contributed by atoms with Gasteiger partial charge in [0, 0.05) is 30.2 Å². The third kappa shape index (κ3) is 4.29. The molecule has 3 fully saturated rings. The van der Waals surface area contributed by atoms with Crippen molar-refractivity contribution >= 4 is 39.4 Å². The van der Waals surface area contributed by atoms with E-state index in [0.717, 1.165) is 29.7 Å². The number of rotatable bonds is 11. The van der Waals surface area contributed by atoms with E-state index in [4.69, 9.17) is 9.84 Å². The average molecular weight is 563 g/mol. The number of likely N-dealkylation sites (tertiary alicyclic amines) is 1. The van der Waals surface area contributed by atoms with Gasteiger partial charge in [0.05, 0.1) is 17.9 Å². The molecule has 4 rings (SSSR count). The van der Waals surface area contributed by atoms with Gasteiger partial charge in [0.1, 0.15) is 11.6 Å². The summed E-state index contributed by atoms with van der Waals surface area (Å²) in [7, 11) is 0. The van der Waals surface area contributed by atoms with Crippen LogP contribution in [0, 0.1) is 25.7 Å². The second-order valence-corrected chi connectivity index (χ2v) is 11.3. The molecule has 3 saturated heterocycles. The number of fused-ring (bicyclic) bond motifs is 1. The number of hydrogen-bond acceptors (Lipinski definition) is 5. The fourth-order valence-corrected chi connectivity index (χ4v) is 7.42. The van der Waals surface area contributed by atoms with Crippen molar-refractivity contribution in [3.05, 3.63) is 42.0 Å². The summed E-state index contributed by atoms with van der Waals surface area (Å²) in [6, 6.07) is 4.89. The normalized spacial score (nSPS) is 30.5. The van der Waals surface area contributed by atoms with Gasteiger partial charge in [-0.15, -0.1) is 6.58 Å². The third-order valence-corrected chi connectivity index (χ3v) is 8.75. The Kier molecular flexibility index (Phi) is 7.92. The monoisotopic (exact) mass is 562 g/mol. The Balaban J connectivity index is 1.76. The summed E-state index contributed by atoms with van der Waals surface area (Å²) in [6.07, 6.45) is 4.34. The zero-order valence-corrected chi connectivity index (χ0v) is 22.4. The number of hydrogen-bond donors (Lipinski definition) is 2. The second kappa shape index (κ2) is 10.6. The molecule has 196 valence electrons. The quantitative estimate of drug-likeness (QED) is 0.243. The summed E-state index contributed by atoms with van der Waals surface area (Å²) in [5.41, 5.74) is 1.43. The number of ether oxygens (including phenoxy) is 1. The van der Waals surface area contributed by atoms with E-state index in [-0.39, 0.29) is 29.8 Å². The van der Waals surface area contributed by atoms with Crippen molar-refractivity contribution in [3.63, 3.8) is 0 Å². The van der Waals surface area contributed by atoms with Crippen molar-refractivity contribution in [2.45, 2.75) is 68.5 Å². The smallest absolute Gasteiger partial charge is 0.310 e. The predicted molar refractivity (Wildman–Crippen MR) is 139 cm³/mol. The molecule has 3 aliphatic heterocycles. The highest BCUT2D eigenvalue weighted by Crippen LogP contribution is 2.60. The summed E-state index contributed by atoms with van der Waals surface area (Å²) in [6.45, 7) is 8.44. The number of carbonyl (C=O) groups excluding carboxylic acids is 2. The Labute approximate surface area is 220 Å². The number of aliphatic hydroxyl groups is 1. The summed E-state index contributed by atoms with van der Waals surface area (Å²) in [5.74, 6) is -3.56.